The summed E-state index contributed by atoms with van der Waals surface area (Å²) in [5.74, 6) is 0.427. The third-order valence-electron chi connectivity index (χ3n) is 3.08. The summed E-state index contributed by atoms with van der Waals surface area (Å²) in [4.78, 5) is 16.1. The van der Waals surface area contributed by atoms with Crippen molar-refractivity contribution in [1.29, 1.82) is 0 Å². The summed E-state index contributed by atoms with van der Waals surface area (Å²) in [6.07, 6.45) is 5.09. The van der Waals surface area contributed by atoms with Crippen molar-refractivity contribution in [2.75, 3.05) is 13.1 Å². The molecule has 0 aliphatic carbocycles. The van der Waals surface area contributed by atoms with E-state index in [1.165, 1.54) is 6.42 Å². The highest BCUT2D eigenvalue weighted by Gasteiger charge is 2.20. The topological polar surface area (TPSA) is 54.0 Å². The van der Waals surface area contributed by atoms with Gasteiger partial charge in [-0.25, -0.2) is 4.98 Å². The lowest BCUT2D eigenvalue weighted by Gasteiger charge is -2.23. The van der Waals surface area contributed by atoms with Gasteiger partial charge in [-0.05, 0) is 19.4 Å². The molecule has 2 N–H and O–H groups in total. The Labute approximate surface area is 118 Å². The number of hydrogen-bond donors (Lipinski definition) is 2. The van der Waals surface area contributed by atoms with Crippen molar-refractivity contribution in [2.45, 2.75) is 38.1 Å². The molecule has 2 unspecified atom stereocenters. The third-order valence-corrected chi connectivity index (χ3v) is 4.09. The number of nitrogens with zero attached hydrogens (tertiary/aromatic N) is 1. The molecule has 2 atom stereocenters. The van der Waals surface area contributed by atoms with Crippen LogP contribution in [0.25, 0.3) is 0 Å². The molecule has 1 aliphatic rings. The Kier molecular flexibility index (Phi) is 6.60. The molecule has 4 nitrogen and oxygen atoms in total. The molecule has 0 aromatic carbocycles. The van der Waals surface area contributed by atoms with Crippen LogP contribution in [0.4, 0.5) is 0 Å². The number of carbonyl (C=O) groups excluding carboxylic acids is 1. The second-order valence-corrected chi connectivity index (χ2v) is 5.45. The van der Waals surface area contributed by atoms with Crippen LogP contribution in [0.3, 0.4) is 0 Å². The molecule has 1 amide bonds. The Bertz CT molecular complexity index is 352. The zero-order chi connectivity index (χ0) is 12.1. The van der Waals surface area contributed by atoms with E-state index in [1.807, 2.05) is 5.38 Å². The summed E-state index contributed by atoms with van der Waals surface area (Å²) in [5, 5.41) is 9.31. The Morgan fingerprint density at radius 2 is 2.50 bits per heavy atom. The summed E-state index contributed by atoms with van der Waals surface area (Å²) in [6.45, 7) is 3.72. The maximum Gasteiger partial charge on any atom is 0.237 e. The number of halogens is 1. The van der Waals surface area contributed by atoms with Gasteiger partial charge in [-0.1, -0.05) is 13.3 Å². The zero-order valence-electron chi connectivity index (χ0n) is 10.5. The first-order chi connectivity index (χ1) is 8.27. The van der Waals surface area contributed by atoms with Crippen molar-refractivity contribution in [3.8, 4) is 0 Å². The SMILES string of the molecule is CC(CNC(=O)C1CCCCN1)c1nccs1.Cl. The number of rotatable bonds is 4. The van der Waals surface area contributed by atoms with Crippen LogP contribution in [0.15, 0.2) is 11.6 Å². The molecule has 0 bridgehead atoms. The molecular weight excluding hydrogens is 270 g/mol. The van der Waals surface area contributed by atoms with E-state index in [4.69, 9.17) is 0 Å². The molecule has 2 rings (SSSR count). The van der Waals surface area contributed by atoms with Gasteiger partial charge in [0.1, 0.15) is 0 Å². The zero-order valence-corrected chi connectivity index (χ0v) is 12.1. The van der Waals surface area contributed by atoms with E-state index in [9.17, 15) is 4.79 Å². The van der Waals surface area contributed by atoms with E-state index in [0.29, 0.717) is 12.5 Å². The molecule has 0 saturated carbocycles. The standard InChI is InChI=1S/C12H19N3OS.ClH/c1-9(12-14-6-7-17-12)8-15-11(16)10-4-2-3-5-13-10;/h6-7,9-10,13H,2-5,8H2,1H3,(H,15,16);1H. The van der Waals surface area contributed by atoms with Gasteiger partial charge in [-0.3, -0.25) is 4.79 Å². The van der Waals surface area contributed by atoms with Gasteiger partial charge >= 0.3 is 0 Å². The van der Waals surface area contributed by atoms with Crippen LogP contribution in [-0.4, -0.2) is 30.0 Å². The fourth-order valence-electron chi connectivity index (χ4n) is 2.02. The number of thiazole rings is 1. The number of carbonyl (C=O) groups is 1. The summed E-state index contributed by atoms with van der Waals surface area (Å²) < 4.78 is 0. The minimum Gasteiger partial charge on any atom is -0.354 e. The minimum absolute atomic E-state index is 0. The van der Waals surface area contributed by atoms with Crippen molar-refractivity contribution >= 4 is 29.7 Å². The lowest BCUT2D eigenvalue weighted by Crippen LogP contribution is -2.47. The van der Waals surface area contributed by atoms with Gasteiger partial charge in [-0.15, -0.1) is 23.7 Å². The summed E-state index contributed by atoms with van der Waals surface area (Å²) in [5.41, 5.74) is 0. The average molecular weight is 290 g/mol. The maximum atomic E-state index is 11.9. The van der Waals surface area contributed by atoms with Gasteiger partial charge in [0, 0.05) is 24.0 Å². The predicted octanol–water partition coefficient (Wildman–Crippen LogP) is 1.93. The second kappa shape index (κ2) is 7.71. The predicted molar refractivity (Wildman–Crippen MR) is 76.4 cm³/mol. The highest BCUT2D eigenvalue weighted by molar-refractivity contribution is 7.09. The average Bonchev–Trinajstić information content (AvgIpc) is 2.90. The smallest absolute Gasteiger partial charge is 0.237 e. The third kappa shape index (κ3) is 4.23. The quantitative estimate of drug-likeness (QED) is 0.890. The van der Waals surface area contributed by atoms with Gasteiger partial charge in [0.25, 0.3) is 0 Å². The Hall–Kier alpha value is -0.650. The monoisotopic (exact) mass is 289 g/mol. The largest absolute Gasteiger partial charge is 0.354 e. The van der Waals surface area contributed by atoms with Crippen LogP contribution in [-0.2, 0) is 4.79 Å². The molecule has 102 valence electrons. The molecule has 0 radical (unpaired) electrons. The number of amides is 1. The van der Waals surface area contributed by atoms with Gasteiger partial charge in [0.15, 0.2) is 0 Å². The molecule has 1 aliphatic heterocycles. The fraction of sp³-hybridized carbons (Fsp3) is 0.667. The number of nitrogens with one attached hydrogen (secondary N) is 2. The van der Waals surface area contributed by atoms with Crippen molar-refractivity contribution < 1.29 is 4.79 Å². The summed E-state index contributed by atoms with van der Waals surface area (Å²) in [6, 6.07) is 0.00671. The molecule has 1 fully saturated rings. The van der Waals surface area contributed by atoms with E-state index < -0.39 is 0 Å². The van der Waals surface area contributed by atoms with Crippen LogP contribution in [0.2, 0.25) is 0 Å². The highest BCUT2D eigenvalue weighted by Crippen LogP contribution is 2.16. The molecule has 6 heteroatoms. The first-order valence-corrected chi connectivity index (χ1v) is 7.06. The van der Waals surface area contributed by atoms with Gasteiger partial charge in [-0.2, -0.15) is 0 Å². The Balaban J connectivity index is 0.00000162. The van der Waals surface area contributed by atoms with Crippen molar-refractivity contribution in [3.05, 3.63) is 16.6 Å². The molecule has 1 saturated heterocycles. The first kappa shape index (κ1) is 15.4. The highest BCUT2D eigenvalue weighted by atomic mass is 35.5. The van der Waals surface area contributed by atoms with Gasteiger partial charge in [0.05, 0.1) is 11.0 Å². The van der Waals surface area contributed by atoms with Crippen LogP contribution >= 0.6 is 23.7 Å². The van der Waals surface area contributed by atoms with Crippen LogP contribution in [0.5, 0.6) is 0 Å². The fourth-order valence-corrected chi connectivity index (χ4v) is 2.72. The van der Waals surface area contributed by atoms with Crippen LogP contribution in [0, 0.1) is 0 Å². The molecule has 1 aromatic rings. The van der Waals surface area contributed by atoms with E-state index in [-0.39, 0.29) is 24.4 Å². The van der Waals surface area contributed by atoms with Crippen molar-refractivity contribution in [3.63, 3.8) is 0 Å². The molecule has 18 heavy (non-hydrogen) atoms. The molecule has 1 aromatic heterocycles. The normalized spacial score (nSPS) is 20.8. The summed E-state index contributed by atoms with van der Waals surface area (Å²) in [7, 11) is 0. The van der Waals surface area contributed by atoms with Gasteiger partial charge in [0.2, 0.25) is 5.91 Å². The molecule has 0 spiro atoms. The van der Waals surface area contributed by atoms with E-state index in [2.05, 4.69) is 22.5 Å². The minimum atomic E-state index is 0. The lowest BCUT2D eigenvalue weighted by atomic mass is 10.0. The van der Waals surface area contributed by atoms with Crippen molar-refractivity contribution in [1.82, 2.24) is 15.6 Å². The summed E-state index contributed by atoms with van der Waals surface area (Å²) >= 11 is 1.64. The van der Waals surface area contributed by atoms with E-state index in [1.54, 1.807) is 17.5 Å². The van der Waals surface area contributed by atoms with Crippen LogP contribution < -0.4 is 10.6 Å². The van der Waals surface area contributed by atoms with Crippen molar-refractivity contribution in [2.24, 2.45) is 0 Å². The molecule has 2 heterocycles. The number of hydrogen-bond acceptors (Lipinski definition) is 4. The van der Waals surface area contributed by atoms with E-state index >= 15 is 0 Å². The van der Waals surface area contributed by atoms with Gasteiger partial charge < -0.3 is 10.6 Å². The molecular formula is C12H20ClN3OS. The van der Waals surface area contributed by atoms with Crippen LogP contribution in [0.1, 0.15) is 37.1 Å². The maximum absolute atomic E-state index is 11.9. The number of piperidine rings is 1. The lowest BCUT2D eigenvalue weighted by molar-refractivity contribution is -0.123. The Morgan fingerprint density at radius 1 is 1.67 bits per heavy atom. The first-order valence-electron chi connectivity index (χ1n) is 6.18. The Morgan fingerprint density at radius 3 is 3.11 bits per heavy atom. The van der Waals surface area contributed by atoms with E-state index in [0.717, 1.165) is 24.4 Å². The number of aromatic nitrogens is 1. The second-order valence-electron chi connectivity index (χ2n) is 4.52.